The van der Waals surface area contributed by atoms with Crippen LogP contribution in [-0.4, -0.2) is 17.2 Å². The number of β-amino-alcohol motifs (C(OH)–C–C–N with tert-alkyl or cyclic N) is 1. The number of hydrogen-bond acceptors (Lipinski definition) is 2. The van der Waals surface area contributed by atoms with Gasteiger partial charge in [0.15, 0.2) is 0 Å². The van der Waals surface area contributed by atoms with Gasteiger partial charge in [-0.25, -0.2) is 4.39 Å². The fourth-order valence-corrected chi connectivity index (χ4v) is 1.48. The van der Waals surface area contributed by atoms with Crippen LogP contribution < -0.4 is 5.32 Å². The number of rotatable bonds is 3. The second-order valence-electron chi connectivity index (χ2n) is 5.15. The van der Waals surface area contributed by atoms with E-state index >= 15 is 0 Å². The lowest BCUT2D eigenvalue weighted by Crippen LogP contribution is -2.38. The monoisotopic (exact) mass is 225 g/mol. The van der Waals surface area contributed by atoms with Gasteiger partial charge in [-0.15, -0.1) is 0 Å². The first kappa shape index (κ1) is 13.1. The van der Waals surface area contributed by atoms with Crippen molar-refractivity contribution in [2.75, 3.05) is 6.54 Å². The third kappa shape index (κ3) is 3.91. The van der Waals surface area contributed by atoms with Crippen LogP contribution in [0.1, 0.15) is 38.0 Å². The van der Waals surface area contributed by atoms with Crippen molar-refractivity contribution in [1.29, 1.82) is 0 Å². The van der Waals surface area contributed by atoms with Crippen LogP contribution in [0.25, 0.3) is 0 Å². The van der Waals surface area contributed by atoms with E-state index in [1.165, 1.54) is 12.1 Å². The molecule has 0 aromatic heterocycles. The third-order valence-electron chi connectivity index (χ3n) is 2.43. The SMILES string of the molecule is Cc1ccc(F)cc1C(O)CNC(C)(C)C. The lowest BCUT2D eigenvalue weighted by Gasteiger charge is -2.23. The maximum atomic E-state index is 13.1. The van der Waals surface area contributed by atoms with Gasteiger partial charge in [-0.2, -0.15) is 0 Å². The fourth-order valence-electron chi connectivity index (χ4n) is 1.48. The van der Waals surface area contributed by atoms with Crippen molar-refractivity contribution < 1.29 is 9.50 Å². The van der Waals surface area contributed by atoms with E-state index < -0.39 is 6.10 Å². The highest BCUT2D eigenvalue weighted by molar-refractivity contribution is 5.28. The van der Waals surface area contributed by atoms with Gasteiger partial charge in [0.1, 0.15) is 5.82 Å². The molecule has 2 N–H and O–H groups in total. The Morgan fingerprint density at radius 3 is 2.56 bits per heavy atom. The molecule has 2 nitrogen and oxygen atoms in total. The van der Waals surface area contributed by atoms with E-state index in [4.69, 9.17) is 0 Å². The Labute approximate surface area is 96.5 Å². The molecule has 1 unspecified atom stereocenters. The number of aryl methyl sites for hydroxylation is 1. The molecule has 0 amide bonds. The predicted molar refractivity (Wildman–Crippen MR) is 63.9 cm³/mol. The van der Waals surface area contributed by atoms with Gasteiger partial charge >= 0.3 is 0 Å². The van der Waals surface area contributed by atoms with Crippen molar-refractivity contribution in [1.82, 2.24) is 5.32 Å². The summed E-state index contributed by atoms with van der Waals surface area (Å²) < 4.78 is 13.1. The molecule has 1 rings (SSSR count). The molecule has 0 saturated heterocycles. The molecule has 0 heterocycles. The summed E-state index contributed by atoms with van der Waals surface area (Å²) in [4.78, 5) is 0. The maximum absolute atomic E-state index is 13.1. The smallest absolute Gasteiger partial charge is 0.123 e. The van der Waals surface area contributed by atoms with Gasteiger partial charge in [0, 0.05) is 12.1 Å². The van der Waals surface area contributed by atoms with Crippen LogP contribution in [-0.2, 0) is 0 Å². The Morgan fingerprint density at radius 2 is 2.00 bits per heavy atom. The van der Waals surface area contributed by atoms with Crippen LogP contribution in [0.5, 0.6) is 0 Å². The van der Waals surface area contributed by atoms with Gasteiger partial charge in [-0.3, -0.25) is 0 Å². The quantitative estimate of drug-likeness (QED) is 0.828. The standard InChI is InChI=1S/C13H20FNO/c1-9-5-6-10(14)7-11(9)12(16)8-15-13(2,3)4/h5-7,12,15-16H,8H2,1-4H3. The summed E-state index contributed by atoms with van der Waals surface area (Å²) in [6.45, 7) is 8.37. The number of aliphatic hydroxyl groups is 1. The van der Waals surface area contributed by atoms with Gasteiger partial charge in [-0.05, 0) is 51.0 Å². The number of aliphatic hydroxyl groups excluding tert-OH is 1. The highest BCUT2D eigenvalue weighted by atomic mass is 19.1. The zero-order valence-corrected chi connectivity index (χ0v) is 10.3. The highest BCUT2D eigenvalue weighted by Gasteiger charge is 2.15. The zero-order valence-electron chi connectivity index (χ0n) is 10.3. The topological polar surface area (TPSA) is 32.3 Å². The molecule has 1 aromatic rings. The molecular formula is C13H20FNO. The molecule has 0 fully saturated rings. The largest absolute Gasteiger partial charge is 0.387 e. The van der Waals surface area contributed by atoms with E-state index in [-0.39, 0.29) is 11.4 Å². The Kier molecular flexibility index (Phi) is 4.05. The second-order valence-corrected chi connectivity index (χ2v) is 5.15. The van der Waals surface area contributed by atoms with E-state index in [9.17, 15) is 9.50 Å². The van der Waals surface area contributed by atoms with Crippen LogP contribution >= 0.6 is 0 Å². The lowest BCUT2D eigenvalue weighted by atomic mass is 10.0. The summed E-state index contributed by atoms with van der Waals surface area (Å²) in [5.74, 6) is -0.310. The van der Waals surface area contributed by atoms with Crippen molar-refractivity contribution in [3.63, 3.8) is 0 Å². The molecule has 0 saturated carbocycles. The summed E-state index contributed by atoms with van der Waals surface area (Å²) in [7, 11) is 0. The van der Waals surface area contributed by atoms with E-state index in [1.54, 1.807) is 6.07 Å². The summed E-state index contributed by atoms with van der Waals surface area (Å²) >= 11 is 0. The van der Waals surface area contributed by atoms with Gasteiger partial charge in [-0.1, -0.05) is 6.07 Å². The second kappa shape index (κ2) is 4.93. The molecule has 0 bridgehead atoms. The van der Waals surface area contributed by atoms with Crippen LogP contribution in [0.15, 0.2) is 18.2 Å². The number of benzene rings is 1. The first-order valence-corrected chi connectivity index (χ1v) is 5.49. The Morgan fingerprint density at radius 1 is 1.38 bits per heavy atom. The average molecular weight is 225 g/mol. The average Bonchev–Trinajstić information content (AvgIpc) is 2.17. The molecular weight excluding hydrogens is 205 g/mol. The van der Waals surface area contributed by atoms with Crippen molar-refractivity contribution in [2.24, 2.45) is 0 Å². The normalized spacial score (nSPS) is 13.9. The summed E-state index contributed by atoms with van der Waals surface area (Å²) in [6.07, 6.45) is -0.671. The van der Waals surface area contributed by atoms with Crippen molar-refractivity contribution in [3.8, 4) is 0 Å². The Balaban J connectivity index is 2.73. The van der Waals surface area contributed by atoms with Gasteiger partial charge in [0.05, 0.1) is 6.10 Å². The summed E-state index contributed by atoms with van der Waals surface area (Å²) in [5.41, 5.74) is 1.50. The minimum atomic E-state index is -0.671. The molecule has 0 aliphatic carbocycles. The minimum absolute atomic E-state index is 0.0534. The molecule has 90 valence electrons. The van der Waals surface area contributed by atoms with E-state index in [1.807, 2.05) is 27.7 Å². The van der Waals surface area contributed by atoms with Crippen LogP contribution in [0.2, 0.25) is 0 Å². The fraction of sp³-hybridized carbons (Fsp3) is 0.538. The van der Waals surface area contributed by atoms with E-state index in [2.05, 4.69) is 5.32 Å². The van der Waals surface area contributed by atoms with Gasteiger partial charge in [0.25, 0.3) is 0 Å². The number of hydrogen-bond donors (Lipinski definition) is 2. The van der Waals surface area contributed by atoms with Gasteiger partial charge < -0.3 is 10.4 Å². The molecule has 1 aromatic carbocycles. The van der Waals surface area contributed by atoms with Gasteiger partial charge in [0.2, 0.25) is 0 Å². The summed E-state index contributed by atoms with van der Waals surface area (Å²) in [6, 6.07) is 4.48. The van der Waals surface area contributed by atoms with Crippen LogP contribution in [0.3, 0.4) is 0 Å². The van der Waals surface area contributed by atoms with Crippen molar-refractivity contribution in [3.05, 3.63) is 35.1 Å². The minimum Gasteiger partial charge on any atom is -0.387 e. The molecule has 0 aliphatic heterocycles. The van der Waals surface area contributed by atoms with Crippen LogP contribution in [0.4, 0.5) is 4.39 Å². The zero-order chi connectivity index (χ0) is 12.3. The molecule has 3 heteroatoms. The molecule has 16 heavy (non-hydrogen) atoms. The lowest BCUT2D eigenvalue weighted by molar-refractivity contribution is 0.162. The summed E-state index contributed by atoms with van der Waals surface area (Å²) in [5, 5.41) is 13.2. The first-order chi connectivity index (χ1) is 7.29. The van der Waals surface area contributed by atoms with Crippen molar-refractivity contribution in [2.45, 2.75) is 39.3 Å². The Bertz CT molecular complexity index is 357. The van der Waals surface area contributed by atoms with Crippen LogP contribution in [0, 0.1) is 12.7 Å². The third-order valence-corrected chi connectivity index (χ3v) is 2.43. The highest BCUT2D eigenvalue weighted by Crippen LogP contribution is 2.18. The molecule has 0 aliphatic rings. The maximum Gasteiger partial charge on any atom is 0.123 e. The molecule has 1 atom stereocenters. The van der Waals surface area contributed by atoms with E-state index in [0.717, 1.165) is 5.56 Å². The van der Waals surface area contributed by atoms with E-state index in [0.29, 0.717) is 12.1 Å². The molecule has 0 spiro atoms. The molecule has 0 radical (unpaired) electrons. The Hall–Kier alpha value is -0.930. The number of halogens is 1. The number of nitrogens with one attached hydrogen (secondary N) is 1. The van der Waals surface area contributed by atoms with Crippen molar-refractivity contribution >= 4 is 0 Å². The first-order valence-electron chi connectivity index (χ1n) is 5.49. The predicted octanol–water partition coefficient (Wildman–Crippen LogP) is 2.56.